The van der Waals surface area contributed by atoms with Crippen LogP contribution in [0, 0.1) is 0 Å². The summed E-state index contributed by atoms with van der Waals surface area (Å²) in [6.07, 6.45) is 6.01. The lowest BCUT2D eigenvalue weighted by Crippen LogP contribution is -2.66. The van der Waals surface area contributed by atoms with Gasteiger partial charge in [-0.1, -0.05) is 19.3 Å². The Hall–Kier alpha value is -0.850. The average molecular weight is 333 g/mol. The van der Waals surface area contributed by atoms with Crippen molar-refractivity contribution < 1.29 is 9.59 Å². The number of halogens is 1. The van der Waals surface area contributed by atoms with Gasteiger partial charge in [0.25, 0.3) is 0 Å². The first-order chi connectivity index (χ1) is 10.1. The second-order valence-electron chi connectivity index (χ2n) is 6.18. The van der Waals surface area contributed by atoms with E-state index in [1.807, 2.05) is 13.8 Å². The molecular weight excluding hydrogens is 304 g/mol. The van der Waals surface area contributed by atoms with Gasteiger partial charge in [-0.3, -0.25) is 15.0 Å². The van der Waals surface area contributed by atoms with E-state index in [-0.39, 0.29) is 29.9 Å². The number of urea groups is 1. The zero-order valence-corrected chi connectivity index (χ0v) is 14.4. The van der Waals surface area contributed by atoms with Gasteiger partial charge in [-0.05, 0) is 26.7 Å². The molecule has 22 heavy (non-hydrogen) atoms. The Balaban J connectivity index is 0.00000242. The lowest BCUT2D eigenvalue weighted by molar-refractivity contribution is -0.129. The lowest BCUT2D eigenvalue weighted by atomic mass is 9.78. The molecule has 3 amide bonds. The molecule has 1 atom stereocenters. The van der Waals surface area contributed by atoms with Gasteiger partial charge in [-0.25, -0.2) is 4.79 Å². The average Bonchev–Trinajstić information content (AvgIpc) is 2.48. The standard InChI is InChI=1S/C15H28N4O2.ClH/c1-3-17-14(21)18-13(20)12(2)19-10-9-16-11-15(19)7-5-4-6-8-15;/h12,16H,3-11H2,1-2H3,(H2,17,18,20,21);1H. The van der Waals surface area contributed by atoms with Gasteiger partial charge in [0.1, 0.15) is 0 Å². The van der Waals surface area contributed by atoms with E-state index < -0.39 is 6.03 Å². The monoisotopic (exact) mass is 332 g/mol. The Morgan fingerprint density at radius 1 is 1.27 bits per heavy atom. The van der Waals surface area contributed by atoms with Crippen molar-refractivity contribution in [2.75, 3.05) is 26.2 Å². The molecule has 1 saturated carbocycles. The summed E-state index contributed by atoms with van der Waals surface area (Å²) in [5.74, 6) is -0.201. The molecule has 0 radical (unpaired) electrons. The van der Waals surface area contributed by atoms with Crippen molar-refractivity contribution in [3.8, 4) is 0 Å². The number of hydrogen-bond donors (Lipinski definition) is 3. The molecule has 7 heteroatoms. The molecule has 2 aliphatic rings. The first-order valence-corrected chi connectivity index (χ1v) is 8.15. The smallest absolute Gasteiger partial charge is 0.321 e. The van der Waals surface area contributed by atoms with Crippen molar-refractivity contribution in [2.24, 2.45) is 0 Å². The summed E-state index contributed by atoms with van der Waals surface area (Å²) in [4.78, 5) is 26.2. The first kappa shape index (κ1) is 19.2. The maximum Gasteiger partial charge on any atom is 0.321 e. The molecular formula is C15H29ClN4O2. The molecule has 0 aromatic rings. The Labute approximate surface area is 139 Å². The van der Waals surface area contributed by atoms with Crippen LogP contribution in [-0.4, -0.2) is 54.6 Å². The summed E-state index contributed by atoms with van der Waals surface area (Å²) in [6.45, 7) is 6.98. The summed E-state index contributed by atoms with van der Waals surface area (Å²) >= 11 is 0. The van der Waals surface area contributed by atoms with Gasteiger partial charge < -0.3 is 10.6 Å². The highest BCUT2D eigenvalue weighted by atomic mass is 35.5. The highest BCUT2D eigenvalue weighted by Gasteiger charge is 2.43. The summed E-state index contributed by atoms with van der Waals surface area (Å²) in [5.41, 5.74) is 0.0918. The number of carbonyl (C=O) groups excluding carboxylic acids is 2. The topological polar surface area (TPSA) is 73.5 Å². The lowest BCUT2D eigenvalue weighted by Gasteiger charge is -2.51. The van der Waals surface area contributed by atoms with E-state index in [0.29, 0.717) is 6.54 Å². The van der Waals surface area contributed by atoms with E-state index in [4.69, 9.17) is 0 Å². The van der Waals surface area contributed by atoms with Crippen LogP contribution in [0.5, 0.6) is 0 Å². The molecule has 6 nitrogen and oxygen atoms in total. The largest absolute Gasteiger partial charge is 0.338 e. The number of carbonyl (C=O) groups is 2. The normalized spacial score (nSPS) is 22.5. The summed E-state index contributed by atoms with van der Waals surface area (Å²) < 4.78 is 0. The molecule has 1 heterocycles. The third-order valence-corrected chi connectivity index (χ3v) is 4.80. The number of hydrogen-bond acceptors (Lipinski definition) is 4. The highest BCUT2D eigenvalue weighted by Crippen LogP contribution is 2.35. The van der Waals surface area contributed by atoms with Crippen LogP contribution < -0.4 is 16.0 Å². The van der Waals surface area contributed by atoms with Crippen LogP contribution in [0.4, 0.5) is 4.79 Å². The van der Waals surface area contributed by atoms with Gasteiger partial charge in [0.15, 0.2) is 0 Å². The summed E-state index contributed by atoms with van der Waals surface area (Å²) in [6, 6.07) is -0.671. The van der Waals surface area contributed by atoms with Gasteiger partial charge in [-0.2, -0.15) is 0 Å². The third-order valence-electron chi connectivity index (χ3n) is 4.80. The molecule has 0 aromatic carbocycles. The summed E-state index contributed by atoms with van der Waals surface area (Å²) in [5, 5.41) is 8.53. The summed E-state index contributed by atoms with van der Waals surface area (Å²) in [7, 11) is 0. The maximum absolute atomic E-state index is 12.3. The van der Waals surface area contributed by atoms with E-state index >= 15 is 0 Å². The molecule has 2 rings (SSSR count). The van der Waals surface area contributed by atoms with Crippen molar-refractivity contribution in [3.05, 3.63) is 0 Å². The minimum atomic E-state index is -0.401. The predicted molar refractivity (Wildman–Crippen MR) is 89.3 cm³/mol. The highest BCUT2D eigenvalue weighted by molar-refractivity contribution is 5.96. The number of nitrogens with zero attached hydrogens (tertiary/aromatic N) is 1. The Kier molecular flexibility index (Phi) is 7.59. The van der Waals surface area contributed by atoms with Crippen molar-refractivity contribution in [2.45, 2.75) is 57.5 Å². The molecule has 1 saturated heterocycles. The van der Waals surface area contributed by atoms with E-state index in [0.717, 1.165) is 32.5 Å². The first-order valence-electron chi connectivity index (χ1n) is 8.15. The fourth-order valence-corrected chi connectivity index (χ4v) is 3.70. The van der Waals surface area contributed by atoms with Crippen LogP contribution in [0.2, 0.25) is 0 Å². The van der Waals surface area contributed by atoms with Crippen LogP contribution in [0.3, 0.4) is 0 Å². The third kappa shape index (κ3) is 4.33. The predicted octanol–water partition coefficient (Wildman–Crippen LogP) is 1.25. The van der Waals surface area contributed by atoms with E-state index in [1.165, 1.54) is 19.3 Å². The van der Waals surface area contributed by atoms with E-state index in [1.54, 1.807) is 0 Å². The van der Waals surface area contributed by atoms with E-state index in [9.17, 15) is 9.59 Å². The second-order valence-corrected chi connectivity index (χ2v) is 6.18. The van der Waals surface area contributed by atoms with Gasteiger partial charge in [0.2, 0.25) is 5.91 Å². The van der Waals surface area contributed by atoms with Crippen molar-refractivity contribution in [3.63, 3.8) is 0 Å². The molecule has 3 N–H and O–H groups in total. The molecule has 2 fully saturated rings. The molecule has 128 valence electrons. The Morgan fingerprint density at radius 3 is 2.59 bits per heavy atom. The minimum absolute atomic E-state index is 0. The number of piperazine rings is 1. The van der Waals surface area contributed by atoms with Crippen molar-refractivity contribution in [1.29, 1.82) is 0 Å². The van der Waals surface area contributed by atoms with Gasteiger partial charge in [0, 0.05) is 31.7 Å². The number of nitrogens with one attached hydrogen (secondary N) is 3. The number of amides is 3. The van der Waals surface area contributed by atoms with Crippen LogP contribution in [-0.2, 0) is 4.79 Å². The number of imide groups is 1. The maximum atomic E-state index is 12.3. The van der Waals surface area contributed by atoms with Crippen molar-refractivity contribution >= 4 is 24.3 Å². The van der Waals surface area contributed by atoms with Crippen LogP contribution in [0.25, 0.3) is 0 Å². The molecule has 1 aliphatic heterocycles. The Bertz CT molecular complexity index is 377. The van der Waals surface area contributed by atoms with Gasteiger partial charge >= 0.3 is 6.03 Å². The van der Waals surface area contributed by atoms with E-state index in [2.05, 4.69) is 20.9 Å². The molecule has 1 unspecified atom stereocenters. The zero-order chi connectivity index (χ0) is 15.3. The Morgan fingerprint density at radius 2 is 1.95 bits per heavy atom. The fraction of sp³-hybridized carbons (Fsp3) is 0.867. The van der Waals surface area contributed by atoms with Crippen LogP contribution >= 0.6 is 12.4 Å². The second kappa shape index (κ2) is 8.70. The van der Waals surface area contributed by atoms with Gasteiger partial charge in [-0.15, -0.1) is 12.4 Å². The van der Waals surface area contributed by atoms with Crippen LogP contribution in [0.1, 0.15) is 46.0 Å². The number of rotatable bonds is 3. The molecule has 1 aliphatic carbocycles. The van der Waals surface area contributed by atoms with Crippen LogP contribution in [0.15, 0.2) is 0 Å². The van der Waals surface area contributed by atoms with Crippen molar-refractivity contribution in [1.82, 2.24) is 20.9 Å². The zero-order valence-electron chi connectivity index (χ0n) is 13.6. The quantitative estimate of drug-likeness (QED) is 0.727. The fourth-order valence-electron chi connectivity index (χ4n) is 3.70. The molecule has 0 aromatic heterocycles. The molecule has 1 spiro atoms. The minimum Gasteiger partial charge on any atom is -0.338 e. The SMILES string of the molecule is CCNC(=O)NC(=O)C(C)N1CCNCC12CCCCC2.Cl. The van der Waals surface area contributed by atoms with Gasteiger partial charge in [0.05, 0.1) is 6.04 Å². The molecule has 0 bridgehead atoms.